The summed E-state index contributed by atoms with van der Waals surface area (Å²) in [7, 11) is 1.67. The number of nitrogens with zero attached hydrogens (tertiary/aromatic N) is 4. The Hall–Kier alpha value is -4.20. The van der Waals surface area contributed by atoms with Gasteiger partial charge in [0.25, 0.3) is 0 Å². The molecule has 0 saturated carbocycles. The van der Waals surface area contributed by atoms with Gasteiger partial charge in [0.05, 0.1) is 5.69 Å². The van der Waals surface area contributed by atoms with Crippen LogP contribution in [0.4, 0.5) is 27.5 Å². The number of amides is 3. The number of piperazine rings is 1. The van der Waals surface area contributed by atoms with Gasteiger partial charge in [0, 0.05) is 75.6 Å². The maximum atomic E-state index is 11.8. The Morgan fingerprint density at radius 2 is 1.68 bits per heavy atom. The van der Waals surface area contributed by atoms with Crippen molar-refractivity contribution in [2.75, 3.05) is 68.0 Å². The van der Waals surface area contributed by atoms with E-state index in [0.717, 1.165) is 80.7 Å². The van der Waals surface area contributed by atoms with E-state index >= 15 is 0 Å². The Morgan fingerprint density at radius 1 is 0.974 bits per heavy atom. The van der Waals surface area contributed by atoms with Crippen LogP contribution in [0.15, 0.2) is 73.5 Å². The molecule has 3 aliphatic heterocycles. The Labute approximate surface area is 224 Å². The van der Waals surface area contributed by atoms with Crippen LogP contribution in [-0.2, 0) is 4.79 Å². The van der Waals surface area contributed by atoms with Crippen LogP contribution in [0.5, 0.6) is 0 Å². The molecule has 2 saturated heterocycles. The van der Waals surface area contributed by atoms with Crippen molar-refractivity contribution in [3.63, 3.8) is 0 Å². The van der Waals surface area contributed by atoms with Crippen LogP contribution in [0.3, 0.4) is 0 Å². The predicted molar refractivity (Wildman–Crippen MR) is 155 cm³/mol. The first-order valence-corrected chi connectivity index (χ1v) is 13.2. The molecule has 8 nitrogen and oxygen atoms in total. The Morgan fingerprint density at radius 3 is 2.37 bits per heavy atom. The highest BCUT2D eigenvalue weighted by Gasteiger charge is 2.30. The average molecular weight is 513 g/mol. The molecule has 2 N–H and O–H groups in total. The molecule has 0 radical (unpaired) electrons. The van der Waals surface area contributed by atoms with Gasteiger partial charge in [-0.15, -0.1) is 0 Å². The van der Waals surface area contributed by atoms with Crippen molar-refractivity contribution >= 4 is 40.8 Å². The van der Waals surface area contributed by atoms with E-state index in [0.29, 0.717) is 5.92 Å². The fraction of sp³-hybridized carbons (Fsp3) is 0.333. The van der Waals surface area contributed by atoms with Gasteiger partial charge in [-0.3, -0.25) is 4.79 Å². The first kappa shape index (κ1) is 25.4. The molecule has 5 rings (SSSR count). The molecule has 3 heterocycles. The first-order valence-electron chi connectivity index (χ1n) is 13.2. The van der Waals surface area contributed by atoms with Gasteiger partial charge in [-0.2, -0.15) is 0 Å². The SMILES string of the molecule is C=CC(=O)N1CC(CCN2C(=C)C=Cc3ccc(Nc4ccc(N5CCN(C(=O)NC)CC5)cc4)cc32)C1. The van der Waals surface area contributed by atoms with Gasteiger partial charge in [0.15, 0.2) is 0 Å². The quantitative estimate of drug-likeness (QED) is 0.542. The van der Waals surface area contributed by atoms with Gasteiger partial charge in [0.1, 0.15) is 0 Å². The third kappa shape index (κ3) is 5.39. The molecule has 38 heavy (non-hydrogen) atoms. The summed E-state index contributed by atoms with van der Waals surface area (Å²) in [5, 5.41) is 6.25. The summed E-state index contributed by atoms with van der Waals surface area (Å²) in [5.41, 5.74) is 6.51. The summed E-state index contributed by atoms with van der Waals surface area (Å²) in [6.45, 7) is 13.4. The van der Waals surface area contributed by atoms with Crippen molar-refractivity contribution in [1.82, 2.24) is 15.1 Å². The number of rotatable bonds is 7. The van der Waals surface area contributed by atoms with E-state index < -0.39 is 0 Å². The molecule has 3 amide bonds. The Kier molecular flexibility index (Phi) is 7.40. The van der Waals surface area contributed by atoms with Gasteiger partial charge in [-0.25, -0.2) is 4.79 Å². The maximum absolute atomic E-state index is 11.8. The number of nitrogens with one attached hydrogen (secondary N) is 2. The molecule has 0 atom stereocenters. The molecule has 0 spiro atoms. The highest BCUT2D eigenvalue weighted by atomic mass is 16.2. The number of hydrogen-bond acceptors (Lipinski definition) is 5. The topological polar surface area (TPSA) is 71.2 Å². The smallest absolute Gasteiger partial charge is 0.317 e. The average Bonchev–Trinajstić information content (AvgIpc) is 2.93. The summed E-state index contributed by atoms with van der Waals surface area (Å²) >= 11 is 0. The second kappa shape index (κ2) is 11.0. The predicted octanol–water partition coefficient (Wildman–Crippen LogP) is 4.27. The monoisotopic (exact) mass is 512 g/mol. The van der Waals surface area contributed by atoms with Crippen molar-refractivity contribution in [3.8, 4) is 0 Å². The Balaban J connectivity index is 1.20. The second-order valence-electron chi connectivity index (χ2n) is 10.1. The van der Waals surface area contributed by atoms with Crippen LogP contribution in [-0.4, -0.2) is 74.6 Å². The summed E-state index contributed by atoms with van der Waals surface area (Å²) in [4.78, 5) is 31.9. The summed E-state index contributed by atoms with van der Waals surface area (Å²) in [6.07, 6.45) is 6.58. The number of carbonyl (C=O) groups is 2. The van der Waals surface area contributed by atoms with Gasteiger partial charge < -0.3 is 30.2 Å². The van der Waals surface area contributed by atoms with Crippen LogP contribution in [0.2, 0.25) is 0 Å². The van der Waals surface area contributed by atoms with Crippen LogP contribution in [0.1, 0.15) is 12.0 Å². The van der Waals surface area contributed by atoms with Gasteiger partial charge in [-0.05, 0) is 66.5 Å². The molecule has 0 aromatic heterocycles. The number of fused-ring (bicyclic) bond motifs is 1. The van der Waals surface area contributed by atoms with Crippen LogP contribution in [0.25, 0.3) is 6.08 Å². The lowest BCUT2D eigenvalue weighted by atomic mass is 9.95. The van der Waals surface area contributed by atoms with Gasteiger partial charge in [0.2, 0.25) is 5.91 Å². The third-order valence-corrected chi connectivity index (χ3v) is 7.63. The Bertz CT molecular complexity index is 1240. The third-order valence-electron chi connectivity index (χ3n) is 7.63. The van der Waals surface area contributed by atoms with Crippen molar-refractivity contribution in [2.45, 2.75) is 6.42 Å². The first-order chi connectivity index (χ1) is 18.4. The van der Waals surface area contributed by atoms with Crippen molar-refractivity contribution < 1.29 is 9.59 Å². The number of allylic oxidation sites excluding steroid dienone is 1. The fourth-order valence-electron chi connectivity index (χ4n) is 5.31. The van der Waals surface area contributed by atoms with E-state index in [-0.39, 0.29) is 11.9 Å². The molecule has 3 aliphatic rings. The number of hydrogen-bond donors (Lipinski definition) is 2. The highest BCUT2D eigenvalue weighted by Crippen LogP contribution is 2.35. The minimum absolute atomic E-state index is 0.0124. The number of carbonyl (C=O) groups excluding carboxylic acids is 2. The molecule has 2 aromatic rings. The molecule has 0 bridgehead atoms. The maximum Gasteiger partial charge on any atom is 0.317 e. The standard InChI is InChI=1S/C30H36N6O2/c1-4-29(37)35-20-23(21-35)13-14-36-22(2)5-6-24-7-8-26(19-28(24)36)32-25-9-11-27(12-10-25)33-15-17-34(18-16-33)30(38)31-3/h4-12,19,23,32H,1-2,13-18,20-21H2,3H3,(H,31,38). The van der Waals surface area contributed by atoms with E-state index in [1.807, 2.05) is 9.80 Å². The second-order valence-corrected chi connectivity index (χ2v) is 10.1. The molecule has 0 unspecified atom stereocenters. The lowest BCUT2D eigenvalue weighted by Gasteiger charge is -2.40. The van der Waals surface area contributed by atoms with Crippen LogP contribution in [0, 0.1) is 5.92 Å². The highest BCUT2D eigenvalue weighted by molar-refractivity contribution is 5.87. The molecule has 0 aliphatic carbocycles. The lowest BCUT2D eigenvalue weighted by molar-refractivity contribution is -0.132. The van der Waals surface area contributed by atoms with E-state index in [1.165, 1.54) is 11.6 Å². The molecule has 8 heteroatoms. The largest absolute Gasteiger partial charge is 0.368 e. The number of anilines is 4. The molecule has 2 aromatic carbocycles. The van der Waals surface area contributed by atoms with E-state index in [2.05, 4.69) is 88.2 Å². The van der Waals surface area contributed by atoms with Crippen molar-refractivity contribution in [3.05, 3.63) is 79.0 Å². The van der Waals surface area contributed by atoms with Crippen LogP contribution >= 0.6 is 0 Å². The minimum atomic E-state index is -0.0124. The molecule has 2 fully saturated rings. The molecular weight excluding hydrogens is 476 g/mol. The minimum Gasteiger partial charge on any atom is -0.368 e. The number of benzene rings is 2. The number of likely N-dealkylation sites (tertiary alicyclic amines) is 1. The summed E-state index contributed by atoms with van der Waals surface area (Å²) in [6, 6.07) is 14.9. The normalized spacial score (nSPS) is 17.1. The summed E-state index contributed by atoms with van der Waals surface area (Å²) in [5.74, 6) is 0.525. The van der Waals surface area contributed by atoms with E-state index in [9.17, 15) is 9.59 Å². The molecular formula is C30H36N6O2. The van der Waals surface area contributed by atoms with Crippen LogP contribution < -0.4 is 20.4 Å². The zero-order chi connectivity index (χ0) is 26.6. The zero-order valence-corrected chi connectivity index (χ0v) is 22.0. The van der Waals surface area contributed by atoms with Gasteiger partial charge >= 0.3 is 6.03 Å². The lowest BCUT2D eigenvalue weighted by Crippen LogP contribution is -2.51. The fourth-order valence-corrected chi connectivity index (χ4v) is 5.31. The zero-order valence-electron chi connectivity index (χ0n) is 22.0. The van der Waals surface area contributed by atoms with Gasteiger partial charge in [-0.1, -0.05) is 25.3 Å². The summed E-state index contributed by atoms with van der Waals surface area (Å²) < 4.78 is 0. The van der Waals surface area contributed by atoms with E-state index in [4.69, 9.17) is 0 Å². The van der Waals surface area contributed by atoms with E-state index in [1.54, 1.807) is 7.05 Å². The molecule has 198 valence electrons. The van der Waals surface area contributed by atoms with Crippen molar-refractivity contribution in [2.24, 2.45) is 5.92 Å². The number of urea groups is 1. The van der Waals surface area contributed by atoms with Crippen molar-refractivity contribution in [1.29, 1.82) is 0 Å².